The third-order valence-corrected chi connectivity index (χ3v) is 6.28. The summed E-state index contributed by atoms with van der Waals surface area (Å²) in [6, 6.07) is 8.13. The van der Waals surface area contributed by atoms with Gasteiger partial charge in [-0.15, -0.1) is 0 Å². The van der Waals surface area contributed by atoms with E-state index in [-0.39, 0.29) is 23.5 Å². The number of hydrogen-bond acceptors (Lipinski definition) is 3. The molecule has 26 heavy (non-hydrogen) atoms. The molecule has 0 saturated carbocycles. The van der Waals surface area contributed by atoms with Crippen molar-refractivity contribution in [2.75, 3.05) is 13.1 Å². The van der Waals surface area contributed by atoms with E-state index in [4.69, 9.17) is 0 Å². The maximum absolute atomic E-state index is 12.9. The SMILES string of the molecule is O=C(c1ccc(C(F)(F)F)cc1)N1CC(S(=O)(=O)c2ccc(F)cc2)C1. The van der Waals surface area contributed by atoms with Crippen molar-refractivity contribution in [1.29, 1.82) is 0 Å². The van der Waals surface area contributed by atoms with Gasteiger partial charge in [0.25, 0.3) is 5.91 Å². The number of rotatable bonds is 3. The van der Waals surface area contributed by atoms with Crippen molar-refractivity contribution in [2.45, 2.75) is 16.3 Å². The van der Waals surface area contributed by atoms with E-state index in [1.54, 1.807) is 0 Å². The van der Waals surface area contributed by atoms with Gasteiger partial charge in [-0.05, 0) is 48.5 Å². The first kappa shape index (κ1) is 18.4. The number of alkyl halides is 3. The Labute approximate surface area is 147 Å². The van der Waals surface area contributed by atoms with Gasteiger partial charge < -0.3 is 4.90 Å². The number of sulfone groups is 1. The molecule has 3 rings (SSSR count). The molecule has 1 fully saturated rings. The van der Waals surface area contributed by atoms with E-state index >= 15 is 0 Å². The molecule has 1 amide bonds. The minimum absolute atomic E-state index is 0.0365. The minimum atomic E-state index is -4.49. The molecule has 0 aromatic heterocycles. The fraction of sp³-hybridized carbons (Fsp3) is 0.235. The Morgan fingerprint density at radius 2 is 1.50 bits per heavy atom. The number of nitrogens with zero attached hydrogens (tertiary/aromatic N) is 1. The van der Waals surface area contributed by atoms with Crippen LogP contribution in [0.5, 0.6) is 0 Å². The quantitative estimate of drug-likeness (QED) is 0.601. The number of amides is 1. The Bertz CT molecular complexity index is 916. The Morgan fingerprint density at radius 1 is 0.962 bits per heavy atom. The van der Waals surface area contributed by atoms with Crippen molar-refractivity contribution in [1.82, 2.24) is 4.90 Å². The van der Waals surface area contributed by atoms with Crippen LogP contribution in [0.25, 0.3) is 0 Å². The van der Waals surface area contributed by atoms with E-state index in [0.29, 0.717) is 0 Å². The van der Waals surface area contributed by atoms with Gasteiger partial charge in [-0.25, -0.2) is 12.8 Å². The van der Waals surface area contributed by atoms with Gasteiger partial charge >= 0.3 is 6.18 Å². The molecular formula is C17H13F4NO3S. The van der Waals surface area contributed by atoms with E-state index < -0.39 is 38.6 Å². The standard InChI is InChI=1S/C17H13F4NO3S/c18-13-5-7-14(8-6-13)26(24,25)15-9-22(10-15)16(23)11-1-3-12(4-2-11)17(19,20)21/h1-8,15H,9-10H2. The average molecular weight is 387 g/mol. The van der Waals surface area contributed by atoms with Crippen molar-refractivity contribution in [2.24, 2.45) is 0 Å². The zero-order valence-corrected chi connectivity index (χ0v) is 14.0. The number of carbonyl (C=O) groups is 1. The van der Waals surface area contributed by atoms with Crippen LogP contribution in [-0.4, -0.2) is 37.6 Å². The highest BCUT2D eigenvalue weighted by Gasteiger charge is 2.41. The highest BCUT2D eigenvalue weighted by atomic mass is 32.2. The van der Waals surface area contributed by atoms with E-state index in [1.165, 1.54) is 4.90 Å². The predicted molar refractivity (Wildman–Crippen MR) is 84.7 cm³/mol. The summed E-state index contributed by atoms with van der Waals surface area (Å²) in [6.45, 7) is -0.140. The molecule has 0 N–H and O–H groups in total. The van der Waals surface area contributed by atoms with E-state index in [9.17, 15) is 30.8 Å². The molecule has 0 atom stereocenters. The van der Waals surface area contributed by atoms with Crippen LogP contribution < -0.4 is 0 Å². The summed E-state index contributed by atoms with van der Waals surface area (Å²) >= 11 is 0. The normalized spacial score (nSPS) is 15.6. The molecule has 1 saturated heterocycles. The van der Waals surface area contributed by atoms with E-state index in [1.807, 2.05) is 0 Å². The number of benzene rings is 2. The van der Waals surface area contributed by atoms with Crippen LogP contribution >= 0.6 is 0 Å². The molecular weight excluding hydrogens is 374 g/mol. The summed E-state index contributed by atoms with van der Waals surface area (Å²) in [5.74, 6) is -1.10. The first-order valence-corrected chi connectivity index (χ1v) is 9.09. The number of likely N-dealkylation sites (tertiary alicyclic amines) is 1. The summed E-state index contributed by atoms with van der Waals surface area (Å²) in [6.07, 6.45) is -4.49. The van der Waals surface area contributed by atoms with Crippen LogP contribution in [0.3, 0.4) is 0 Å². The fourth-order valence-electron chi connectivity index (χ4n) is 2.60. The fourth-order valence-corrected chi connectivity index (χ4v) is 4.25. The van der Waals surface area contributed by atoms with Gasteiger partial charge in [0.2, 0.25) is 0 Å². The molecule has 1 aliphatic rings. The molecule has 0 aliphatic carbocycles. The lowest BCUT2D eigenvalue weighted by Gasteiger charge is -2.38. The van der Waals surface area contributed by atoms with Gasteiger partial charge in [-0.2, -0.15) is 13.2 Å². The van der Waals surface area contributed by atoms with Crippen molar-refractivity contribution in [3.63, 3.8) is 0 Å². The van der Waals surface area contributed by atoms with Crippen LogP contribution in [0.1, 0.15) is 15.9 Å². The van der Waals surface area contributed by atoms with Gasteiger partial charge in [0, 0.05) is 18.7 Å². The first-order chi connectivity index (χ1) is 12.1. The molecule has 0 bridgehead atoms. The van der Waals surface area contributed by atoms with E-state index in [2.05, 4.69) is 0 Å². The molecule has 1 aliphatic heterocycles. The van der Waals surface area contributed by atoms with Crippen LogP contribution in [0.4, 0.5) is 17.6 Å². The van der Waals surface area contributed by atoms with Crippen LogP contribution in [0, 0.1) is 5.82 Å². The summed E-state index contributed by atoms with van der Waals surface area (Å²) in [7, 11) is -3.70. The Balaban J connectivity index is 1.67. The molecule has 2 aromatic carbocycles. The maximum Gasteiger partial charge on any atom is 0.416 e. The number of halogens is 4. The molecule has 9 heteroatoms. The molecule has 0 radical (unpaired) electrons. The summed E-state index contributed by atoms with van der Waals surface area (Å²) < 4.78 is 75.3. The van der Waals surface area contributed by atoms with Gasteiger partial charge in [0.05, 0.1) is 10.5 Å². The third kappa shape index (κ3) is 3.44. The van der Waals surface area contributed by atoms with Crippen molar-refractivity contribution >= 4 is 15.7 Å². The Morgan fingerprint density at radius 3 is 2.00 bits per heavy atom. The topological polar surface area (TPSA) is 54.5 Å². The summed E-state index contributed by atoms with van der Waals surface area (Å²) in [5, 5.41) is -0.827. The van der Waals surface area contributed by atoms with Gasteiger partial charge in [0.1, 0.15) is 11.1 Å². The van der Waals surface area contributed by atoms with Crippen molar-refractivity contribution < 1.29 is 30.8 Å². The van der Waals surface area contributed by atoms with Crippen LogP contribution in [-0.2, 0) is 16.0 Å². The molecule has 1 heterocycles. The van der Waals surface area contributed by atoms with Crippen molar-refractivity contribution in [3.05, 3.63) is 65.5 Å². The minimum Gasteiger partial charge on any atom is -0.336 e. The number of carbonyl (C=O) groups excluding carboxylic acids is 1. The van der Waals surface area contributed by atoms with Gasteiger partial charge in [-0.1, -0.05) is 0 Å². The first-order valence-electron chi connectivity index (χ1n) is 7.55. The second-order valence-electron chi connectivity index (χ2n) is 5.91. The lowest BCUT2D eigenvalue weighted by molar-refractivity contribution is -0.137. The average Bonchev–Trinajstić information content (AvgIpc) is 2.53. The molecule has 0 spiro atoms. The lowest BCUT2D eigenvalue weighted by atomic mass is 10.1. The summed E-state index contributed by atoms with van der Waals surface area (Å²) in [4.78, 5) is 13.4. The van der Waals surface area contributed by atoms with Gasteiger partial charge in [0.15, 0.2) is 9.84 Å². The zero-order valence-electron chi connectivity index (χ0n) is 13.2. The third-order valence-electron chi connectivity index (χ3n) is 4.18. The largest absolute Gasteiger partial charge is 0.416 e. The molecule has 2 aromatic rings. The Hall–Kier alpha value is -2.42. The predicted octanol–water partition coefficient (Wildman–Crippen LogP) is 3.14. The van der Waals surface area contributed by atoms with Gasteiger partial charge in [-0.3, -0.25) is 4.79 Å². The maximum atomic E-state index is 12.9. The highest BCUT2D eigenvalue weighted by Crippen LogP contribution is 2.30. The monoisotopic (exact) mass is 387 g/mol. The smallest absolute Gasteiger partial charge is 0.336 e. The highest BCUT2D eigenvalue weighted by molar-refractivity contribution is 7.92. The lowest BCUT2D eigenvalue weighted by Crippen LogP contribution is -2.56. The molecule has 4 nitrogen and oxygen atoms in total. The Kier molecular flexibility index (Phi) is 4.51. The van der Waals surface area contributed by atoms with Crippen LogP contribution in [0.2, 0.25) is 0 Å². The number of hydrogen-bond donors (Lipinski definition) is 0. The second kappa shape index (κ2) is 6.39. The summed E-state index contributed by atoms with van der Waals surface area (Å²) in [5.41, 5.74) is -0.815. The van der Waals surface area contributed by atoms with Crippen molar-refractivity contribution in [3.8, 4) is 0 Å². The van der Waals surface area contributed by atoms with E-state index in [0.717, 1.165) is 48.5 Å². The van der Waals surface area contributed by atoms with Crippen LogP contribution in [0.15, 0.2) is 53.4 Å². The molecule has 0 unspecified atom stereocenters. The zero-order chi connectivity index (χ0) is 19.1. The molecule has 138 valence electrons. The second-order valence-corrected chi connectivity index (χ2v) is 8.13.